The quantitative estimate of drug-likeness (QED) is 0.0151. The zero-order chi connectivity index (χ0) is 55.4. The molecule has 17 nitrogen and oxygen atoms in total. The number of aliphatic hydroxyl groups excluding tert-OH is 1. The number of allylic oxidation sites excluding steroid dienone is 1. The number of ketones is 2. The number of benzene rings is 3. The van der Waals surface area contributed by atoms with Crippen LogP contribution in [0.2, 0.25) is 0 Å². The Morgan fingerprint density at radius 1 is 0.792 bits per heavy atom. The highest BCUT2D eigenvalue weighted by Gasteiger charge is 2.58. The van der Waals surface area contributed by atoms with Crippen molar-refractivity contribution in [3.63, 3.8) is 0 Å². The molecule has 77 heavy (non-hydrogen) atoms. The van der Waals surface area contributed by atoms with Crippen LogP contribution in [0.5, 0.6) is 0 Å². The highest BCUT2D eigenvalue weighted by molar-refractivity contribution is 6.09. The minimum absolute atomic E-state index is 0.00381. The smallest absolute Gasteiger partial charge is 0.338 e. The van der Waals surface area contributed by atoms with E-state index in [9.17, 15) is 38.7 Å². The molecule has 1 aliphatic heterocycles. The van der Waals surface area contributed by atoms with Gasteiger partial charge in [0.15, 0.2) is 5.78 Å². The summed E-state index contributed by atoms with van der Waals surface area (Å²) in [5, 5.41) is 17.0. The van der Waals surface area contributed by atoms with Crippen molar-refractivity contribution < 1.29 is 71.8 Å². The molecule has 0 radical (unpaired) electrons. The van der Waals surface area contributed by atoms with Gasteiger partial charge in [-0.05, 0) is 129 Å². The number of fused-ring (bicyclic) bond motifs is 1. The second-order valence-corrected chi connectivity index (χ2v) is 20.2. The lowest BCUT2D eigenvalue weighted by atomic mass is 9.45. The summed E-state index contributed by atoms with van der Waals surface area (Å²) < 4.78 is 37.7. The molecule has 17 heteroatoms. The lowest BCUT2D eigenvalue weighted by Crippen LogP contribution is -2.56. The van der Waals surface area contributed by atoms with Gasteiger partial charge in [0, 0.05) is 29.7 Å². The Hall–Kier alpha value is -6.81. The van der Waals surface area contributed by atoms with E-state index in [1.165, 1.54) is 24.3 Å². The van der Waals surface area contributed by atoms with Crippen LogP contribution in [0.3, 0.4) is 0 Å². The van der Waals surface area contributed by atoms with Gasteiger partial charge >= 0.3 is 23.9 Å². The van der Waals surface area contributed by atoms with Crippen LogP contribution in [-0.4, -0.2) is 131 Å². The van der Waals surface area contributed by atoms with Gasteiger partial charge in [-0.1, -0.05) is 61.7 Å². The number of Topliss-reactive ketones (excluding diaryl/α,β-unsaturated/α-hetero) is 1. The standard InChI is InChI=1S/C60H72N2O15/c1-6-28-71-31-32-72-33-34-73-35-36-74-54(66)39-61-38-53(65)62-46-20-18-43(19-21-46)55(67)42-14-16-44(17-15-42)56(68)75-29-7-8-47(63)23-26-60(5)51-22-11-41(3)49(59(51,4)27-24-52(60)64)37-50(48-25-30-76-58(48)70)77-57(69)45-12-9-40(2)10-13-45/h1,9-10,12-21,25,49-52,61,64H,3,7-8,11,22-24,26-39H2,2,4-5H3,(H,62,65)/t49-,50?,51?,52?,59+,60+/m1/s1. The molecule has 1 amide bonds. The van der Waals surface area contributed by atoms with Gasteiger partial charge in [-0.15, -0.1) is 6.42 Å². The van der Waals surface area contributed by atoms with Crippen molar-refractivity contribution in [2.45, 2.75) is 90.8 Å². The molecule has 1 heterocycles. The lowest BCUT2D eigenvalue weighted by Gasteiger charge is -2.60. The molecular weight excluding hydrogens is 989 g/mol. The summed E-state index contributed by atoms with van der Waals surface area (Å²) >= 11 is 0. The fraction of sp³-hybridized carbons (Fsp3) is 0.483. The SMILES string of the molecule is C#CCOCCOCCOCCOC(=O)CNCC(=O)Nc1ccc(C(=O)c2ccc(C(=O)OCCCC(=O)CC[C@]3(C)C(O)CC[C@]4(C)C3CCC(=C)[C@H]4CC(OC(=O)c3ccc(C)cc3)C3=CCOC3=O)cc2)cc1. The summed E-state index contributed by atoms with van der Waals surface area (Å²) in [7, 11) is 0. The van der Waals surface area contributed by atoms with Crippen molar-refractivity contribution in [3.8, 4) is 12.3 Å². The van der Waals surface area contributed by atoms with Crippen molar-refractivity contribution in [1.29, 1.82) is 0 Å². The molecule has 6 atom stereocenters. The number of esters is 4. The number of hydrogen-bond donors (Lipinski definition) is 3. The Bertz CT molecular complexity index is 2620. The van der Waals surface area contributed by atoms with E-state index in [0.717, 1.165) is 17.6 Å². The summed E-state index contributed by atoms with van der Waals surface area (Å²) in [6.45, 7) is 12.4. The predicted octanol–water partition coefficient (Wildman–Crippen LogP) is 7.12. The number of ether oxygens (including phenoxy) is 7. The molecule has 2 saturated carbocycles. The van der Waals surface area contributed by atoms with Gasteiger partial charge in [-0.3, -0.25) is 24.5 Å². The summed E-state index contributed by atoms with van der Waals surface area (Å²) in [5.41, 5.74) is 3.12. The average molecular weight is 1060 g/mol. The molecule has 6 rings (SSSR count). The molecule has 0 spiro atoms. The molecule has 3 aromatic carbocycles. The number of carbonyl (C=O) groups is 7. The molecule has 2 fully saturated rings. The van der Waals surface area contributed by atoms with Gasteiger partial charge < -0.3 is 43.6 Å². The molecule has 3 aromatic rings. The fourth-order valence-electron chi connectivity index (χ4n) is 10.7. The van der Waals surface area contributed by atoms with Crippen LogP contribution in [0.25, 0.3) is 0 Å². The Kier molecular flexibility index (Phi) is 22.4. The summed E-state index contributed by atoms with van der Waals surface area (Å²) in [6.07, 6.45) is 9.50. The largest absolute Gasteiger partial charge is 0.462 e. The van der Waals surface area contributed by atoms with Gasteiger partial charge in [0.25, 0.3) is 0 Å². The summed E-state index contributed by atoms with van der Waals surface area (Å²) in [5.74, 6) is -0.655. The van der Waals surface area contributed by atoms with E-state index in [1.54, 1.807) is 42.5 Å². The van der Waals surface area contributed by atoms with Crippen molar-refractivity contribution in [2.75, 3.05) is 77.9 Å². The molecular formula is C60H72N2O15. The first-order valence-corrected chi connectivity index (χ1v) is 26.3. The zero-order valence-electron chi connectivity index (χ0n) is 44.4. The third-order valence-electron chi connectivity index (χ3n) is 15.0. The normalized spacial score (nSPS) is 21.1. The monoisotopic (exact) mass is 1060 g/mol. The minimum atomic E-state index is -0.856. The van der Waals surface area contributed by atoms with Crippen LogP contribution in [0.15, 0.2) is 96.6 Å². The number of terminal acetylenes is 1. The molecule has 0 aromatic heterocycles. The zero-order valence-corrected chi connectivity index (χ0v) is 44.4. The third-order valence-corrected chi connectivity index (χ3v) is 15.0. The van der Waals surface area contributed by atoms with Gasteiger partial charge in [0.2, 0.25) is 5.91 Å². The Balaban J connectivity index is 0.892. The number of hydrogen-bond acceptors (Lipinski definition) is 16. The molecule has 3 unspecified atom stereocenters. The maximum Gasteiger partial charge on any atom is 0.338 e. The highest BCUT2D eigenvalue weighted by Crippen LogP contribution is 2.63. The van der Waals surface area contributed by atoms with Crippen LogP contribution in [0.1, 0.15) is 114 Å². The second-order valence-electron chi connectivity index (χ2n) is 20.2. The average Bonchev–Trinajstić information content (AvgIpc) is 4.01. The van der Waals surface area contributed by atoms with Gasteiger partial charge in [0.05, 0.1) is 75.5 Å². The van der Waals surface area contributed by atoms with Crippen molar-refractivity contribution in [1.82, 2.24) is 5.32 Å². The van der Waals surface area contributed by atoms with Crippen molar-refractivity contribution >= 4 is 47.0 Å². The number of carbonyl (C=O) groups excluding carboxylic acids is 7. The van der Waals surface area contributed by atoms with Crippen LogP contribution in [0, 0.1) is 41.9 Å². The highest BCUT2D eigenvalue weighted by atomic mass is 16.6. The van der Waals surface area contributed by atoms with Crippen LogP contribution in [-0.2, 0) is 52.3 Å². The van der Waals surface area contributed by atoms with Crippen LogP contribution >= 0.6 is 0 Å². The number of aliphatic hydroxyl groups is 1. The van der Waals surface area contributed by atoms with Crippen molar-refractivity contribution in [3.05, 3.63) is 124 Å². The van der Waals surface area contributed by atoms with E-state index in [1.807, 2.05) is 19.1 Å². The first kappa shape index (κ1) is 59.4. The topological polar surface area (TPSA) is 228 Å². The molecule has 2 aliphatic carbocycles. The number of anilines is 1. The number of amides is 1. The van der Waals surface area contributed by atoms with Crippen molar-refractivity contribution in [2.24, 2.45) is 22.7 Å². The van der Waals surface area contributed by atoms with E-state index in [2.05, 4.69) is 37.0 Å². The molecule has 3 aliphatic rings. The van der Waals surface area contributed by atoms with E-state index in [0.29, 0.717) is 92.9 Å². The maximum atomic E-state index is 13.4. The lowest BCUT2D eigenvalue weighted by molar-refractivity contribution is -0.145. The van der Waals surface area contributed by atoms with Gasteiger partial charge in [-0.25, -0.2) is 14.4 Å². The first-order chi connectivity index (χ1) is 37.0. The van der Waals surface area contributed by atoms with E-state index in [-0.39, 0.29) is 93.3 Å². The predicted molar refractivity (Wildman–Crippen MR) is 285 cm³/mol. The second kappa shape index (κ2) is 29.1. The van der Waals surface area contributed by atoms with E-state index in [4.69, 9.17) is 39.6 Å². The fourth-order valence-corrected chi connectivity index (χ4v) is 10.7. The van der Waals surface area contributed by atoms with E-state index >= 15 is 0 Å². The molecule has 0 bridgehead atoms. The molecule has 0 saturated heterocycles. The van der Waals surface area contributed by atoms with Gasteiger partial charge in [-0.2, -0.15) is 0 Å². The van der Waals surface area contributed by atoms with Gasteiger partial charge in [0.1, 0.15) is 31.7 Å². The van der Waals surface area contributed by atoms with E-state index < -0.39 is 47.4 Å². The Morgan fingerprint density at radius 3 is 2.08 bits per heavy atom. The maximum absolute atomic E-state index is 13.4. The Labute approximate surface area is 450 Å². The number of nitrogens with one attached hydrogen (secondary N) is 2. The number of rotatable bonds is 30. The Morgan fingerprint density at radius 2 is 1.42 bits per heavy atom. The molecule has 412 valence electrons. The molecule has 3 N–H and O–H groups in total. The first-order valence-electron chi connectivity index (χ1n) is 26.3. The summed E-state index contributed by atoms with van der Waals surface area (Å²) in [6, 6.07) is 19.4. The third kappa shape index (κ3) is 16.8. The van der Waals surface area contributed by atoms with Crippen LogP contribution < -0.4 is 10.6 Å². The minimum Gasteiger partial charge on any atom is -0.462 e. The number of aryl methyl sites for hydroxylation is 1. The van der Waals surface area contributed by atoms with Crippen LogP contribution in [0.4, 0.5) is 5.69 Å². The summed E-state index contributed by atoms with van der Waals surface area (Å²) in [4.78, 5) is 90.3. The number of cyclic esters (lactones) is 1.